The normalized spacial score (nSPS) is 16.6. The van der Waals surface area contributed by atoms with Gasteiger partial charge in [-0.3, -0.25) is 9.78 Å². The molecule has 2 heterocycles. The van der Waals surface area contributed by atoms with E-state index < -0.39 is 0 Å². The van der Waals surface area contributed by atoms with Crippen LogP contribution in [0.3, 0.4) is 0 Å². The van der Waals surface area contributed by atoms with Gasteiger partial charge in [0.05, 0.1) is 0 Å². The van der Waals surface area contributed by atoms with Crippen molar-refractivity contribution < 1.29 is 9.53 Å². The summed E-state index contributed by atoms with van der Waals surface area (Å²) in [7, 11) is 0. The molecule has 0 atom stereocenters. The van der Waals surface area contributed by atoms with Crippen LogP contribution in [0, 0.1) is 0 Å². The second-order valence-electron chi connectivity index (χ2n) is 4.03. The largest absolute Gasteiger partial charge is 0.490 e. The summed E-state index contributed by atoms with van der Waals surface area (Å²) in [6.45, 7) is 4.97. The molecule has 1 fully saturated rings. The van der Waals surface area contributed by atoms with E-state index in [9.17, 15) is 4.79 Å². The van der Waals surface area contributed by atoms with Crippen LogP contribution in [-0.2, 0) is 4.79 Å². The second kappa shape index (κ2) is 5.48. The van der Waals surface area contributed by atoms with E-state index in [-0.39, 0.29) is 12.0 Å². The third-order valence-electron chi connectivity index (χ3n) is 2.88. The smallest absolute Gasteiger partial charge is 0.245 e. The third kappa shape index (κ3) is 3.06. The first-order valence-corrected chi connectivity index (χ1v) is 5.77. The summed E-state index contributed by atoms with van der Waals surface area (Å²) in [4.78, 5) is 17.1. The van der Waals surface area contributed by atoms with Gasteiger partial charge < -0.3 is 9.64 Å². The predicted octanol–water partition coefficient (Wildman–Crippen LogP) is 1.64. The van der Waals surface area contributed by atoms with Gasteiger partial charge in [-0.1, -0.05) is 6.58 Å². The molecule has 4 nitrogen and oxygen atoms in total. The van der Waals surface area contributed by atoms with E-state index in [4.69, 9.17) is 4.74 Å². The van der Waals surface area contributed by atoms with Crippen molar-refractivity contribution in [2.75, 3.05) is 13.1 Å². The van der Waals surface area contributed by atoms with E-state index in [0.717, 1.165) is 31.7 Å². The van der Waals surface area contributed by atoms with Gasteiger partial charge in [0.2, 0.25) is 5.91 Å². The lowest BCUT2D eigenvalue weighted by Crippen LogP contribution is -2.41. The van der Waals surface area contributed by atoms with Crippen molar-refractivity contribution in [1.29, 1.82) is 0 Å². The zero-order valence-electron chi connectivity index (χ0n) is 9.71. The molecular weight excluding hydrogens is 216 g/mol. The van der Waals surface area contributed by atoms with E-state index in [1.54, 1.807) is 17.3 Å². The number of aromatic nitrogens is 1. The maximum atomic E-state index is 11.4. The molecule has 1 saturated heterocycles. The summed E-state index contributed by atoms with van der Waals surface area (Å²) in [5.74, 6) is 0.848. The minimum atomic E-state index is 0.00682. The number of piperidine rings is 1. The molecule has 0 unspecified atom stereocenters. The molecule has 0 saturated carbocycles. The molecule has 17 heavy (non-hydrogen) atoms. The standard InChI is InChI=1S/C13H16N2O2/c1-2-13(16)15-9-5-12(6-10-15)17-11-3-7-14-8-4-11/h2-4,7-8,12H,1,5-6,9-10H2. The molecule has 0 spiro atoms. The molecule has 2 rings (SSSR count). The zero-order valence-corrected chi connectivity index (χ0v) is 9.71. The van der Waals surface area contributed by atoms with Gasteiger partial charge in [0.1, 0.15) is 11.9 Å². The lowest BCUT2D eigenvalue weighted by Gasteiger charge is -2.31. The van der Waals surface area contributed by atoms with Crippen molar-refractivity contribution in [2.45, 2.75) is 18.9 Å². The van der Waals surface area contributed by atoms with Crippen LogP contribution in [0.5, 0.6) is 5.75 Å². The Bertz CT molecular complexity index is 384. The molecule has 1 amide bonds. The van der Waals surface area contributed by atoms with Gasteiger partial charge in [0, 0.05) is 38.3 Å². The van der Waals surface area contributed by atoms with Crippen LogP contribution >= 0.6 is 0 Å². The summed E-state index contributed by atoms with van der Waals surface area (Å²) in [6, 6.07) is 3.70. The average Bonchev–Trinajstić information content (AvgIpc) is 2.40. The molecule has 1 aliphatic rings. The van der Waals surface area contributed by atoms with Crippen molar-refractivity contribution in [1.82, 2.24) is 9.88 Å². The van der Waals surface area contributed by atoms with Gasteiger partial charge in [-0.25, -0.2) is 0 Å². The highest BCUT2D eigenvalue weighted by atomic mass is 16.5. The fraction of sp³-hybridized carbons (Fsp3) is 0.385. The second-order valence-corrected chi connectivity index (χ2v) is 4.03. The van der Waals surface area contributed by atoms with Crippen LogP contribution in [0.2, 0.25) is 0 Å². The maximum absolute atomic E-state index is 11.4. The Morgan fingerprint density at radius 2 is 2.06 bits per heavy atom. The fourth-order valence-corrected chi connectivity index (χ4v) is 1.93. The topological polar surface area (TPSA) is 42.4 Å². The lowest BCUT2D eigenvalue weighted by molar-refractivity contribution is -0.127. The Hall–Kier alpha value is -1.84. The first kappa shape index (κ1) is 11.6. The van der Waals surface area contributed by atoms with E-state index in [1.807, 2.05) is 12.1 Å². The monoisotopic (exact) mass is 232 g/mol. The highest BCUT2D eigenvalue weighted by molar-refractivity contribution is 5.87. The summed E-state index contributed by atoms with van der Waals surface area (Å²) in [5.41, 5.74) is 0. The van der Waals surface area contributed by atoms with Crippen LogP contribution in [0.1, 0.15) is 12.8 Å². The summed E-state index contributed by atoms with van der Waals surface area (Å²) in [6.07, 6.45) is 6.71. The number of hydrogen-bond donors (Lipinski definition) is 0. The van der Waals surface area contributed by atoms with Crippen molar-refractivity contribution in [2.24, 2.45) is 0 Å². The highest BCUT2D eigenvalue weighted by Gasteiger charge is 2.22. The molecule has 1 aromatic heterocycles. The van der Waals surface area contributed by atoms with Crippen LogP contribution in [0.25, 0.3) is 0 Å². The van der Waals surface area contributed by atoms with E-state index in [1.165, 1.54) is 6.08 Å². The predicted molar refractivity (Wildman–Crippen MR) is 64.7 cm³/mol. The highest BCUT2D eigenvalue weighted by Crippen LogP contribution is 2.18. The van der Waals surface area contributed by atoms with Crippen LogP contribution in [0.15, 0.2) is 37.2 Å². The molecule has 1 aliphatic heterocycles. The Labute approximate surface area is 101 Å². The van der Waals surface area contributed by atoms with Crippen LogP contribution in [0.4, 0.5) is 0 Å². The molecule has 0 radical (unpaired) electrons. The Morgan fingerprint density at radius 3 is 2.65 bits per heavy atom. The van der Waals surface area contributed by atoms with Crippen LogP contribution in [-0.4, -0.2) is 35.0 Å². The number of likely N-dealkylation sites (tertiary alicyclic amines) is 1. The third-order valence-corrected chi connectivity index (χ3v) is 2.88. The Balaban J connectivity index is 1.83. The van der Waals surface area contributed by atoms with E-state index in [2.05, 4.69) is 11.6 Å². The number of carbonyl (C=O) groups is 1. The van der Waals surface area contributed by atoms with Gasteiger partial charge in [-0.15, -0.1) is 0 Å². The van der Waals surface area contributed by atoms with Gasteiger partial charge in [-0.05, 0) is 18.2 Å². The summed E-state index contributed by atoms with van der Waals surface area (Å²) < 4.78 is 5.81. The number of ether oxygens (including phenoxy) is 1. The first-order chi connectivity index (χ1) is 8.29. The van der Waals surface area contributed by atoms with E-state index >= 15 is 0 Å². The Morgan fingerprint density at radius 1 is 1.41 bits per heavy atom. The quantitative estimate of drug-likeness (QED) is 0.744. The molecule has 90 valence electrons. The van der Waals surface area contributed by atoms with Crippen molar-refractivity contribution in [3.8, 4) is 5.75 Å². The number of nitrogens with zero attached hydrogens (tertiary/aromatic N) is 2. The number of pyridine rings is 1. The van der Waals surface area contributed by atoms with Gasteiger partial charge in [0.15, 0.2) is 0 Å². The SMILES string of the molecule is C=CC(=O)N1CCC(Oc2ccncc2)CC1. The van der Waals surface area contributed by atoms with E-state index in [0.29, 0.717) is 0 Å². The van der Waals surface area contributed by atoms with Gasteiger partial charge >= 0.3 is 0 Å². The fourth-order valence-electron chi connectivity index (χ4n) is 1.93. The number of rotatable bonds is 3. The maximum Gasteiger partial charge on any atom is 0.245 e. The Kier molecular flexibility index (Phi) is 3.75. The minimum Gasteiger partial charge on any atom is -0.490 e. The molecule has 0 N–H and O–H groups in total. The molecule has 1 aromatic rings. The number of amides is 1. The lowest BCUT2D eigenvalue weighted by atomic mass is 10.1. The molecule has 0 aliphatic carbocycles. The molecule has 4 heteroatoms. The van der Waals surface area contributed by atoms with Crippen molar-refractivity contribution >= 4 is 5.91 Å². The number of hydrogen-bond acceptors (Lipinski definition) is 3. The molecule has 0 bridgehead atoms. The van der Waals surface area contributed by atoms with Crippen LogP contribution < -0.4 is 4.74 Å². The average molecular weight is 232 g/mol. The minimum absolute atomic E-state index is 0.00682. The molecular formula is C13H16N2O2. The molecule has 0 aromatic carbocycles. The first-order valence-electron chi connectivity index (χ1n) is 5.77. The van der Waals surface area contributed by atoms with Gasteiger partial charge in [-0.2, -0.15) is 0 Å². The number of carbonyl (C=O) groups excluding carboxylic acids is 1. The van der Waals surface area contributed by atoms with Gasteiger partial charge in [0.25, 0.3) is 0 Å². The summed E-state index contributed by atoms with van der Waals surface area (Å²) >= 11 is 0. The summed E-state index contributed by atoms with van der Waals surface area (Å²) in [5, 5.41) is 0. The van der Waals surface area contributed by atoms with Crippen molar-refractivity contribution in [3.63, 3.8) is 0 Å². The van der Waals surface area contributed by atoms with Crippen molar-refractivity contribution in [3.05, 3.63) is 37.2 Å². The zero-order chi connectivity index (χ0) is 12.1.